The number of imidazole rings is 1. The number of fused-ring (bicyclic) bond motifs is 3. The second-order valence-electron chi connectivity index (χ2n) is 8.53. The predicted molar refractivity (Wildman–Crippen MR) is 130 cm³/mol. The van der Waals surface area contributed by atoms with E-state index in [1.165, 1.54) is 3.97 Å². The fraction of sp³-hybridized carbons (Fsp3) is 0.360. The van der Waals surface area contributed by atoms with Crippen LogP contribution in [0.25, 0.3) is 22.1 Å². The molecule has 0 radical (unpaired) electrons. The van der Waals surface area contributed by atoms with Crippen LogP contribution in [0.5, 0.6) is 0 Å². The van der Waals surface area contributed by atoms with Gasteiger partial charge >= 0.3 is 0 Å². The molecule has 1 aliphatic carbocycles. The summed E-state index contributed by atoms with van der Waals surface area (Å²) in [5.41, 5.74) is 2.01. The average molecular weight is 481 g/mol. The number of aromatic nitrogens is 4. The Morgan fingerprint density at radius 2 is 1.91 bits per heavy atom. The first-order valence-corrected chi connectivity index (χ1v) is 12.9. The molecule has 0 aliphatic heterocycles. The molecule has 0 N–H and O–H groups in total. The highest BCUT2D eigenvalue weighted by atomic mass is 32.2. The van der Waals surface area contributed by atoms with Crippen LogP contribution >= 0.6 is 0 Å². The summed E-state index contributed by atoms with van der Waals surface area (Å²) in [4.78, 5) is 9.56. The number of hydrogen-bond acceptors (Lipinski definition) is 6. The summed E-state index contributed by atoms with van der Waals surface area (Å²) in [6.07, 6.45) is 9.04. The topological polar surface area (TPSA) is 88.2 Å². The molecule has 1 fully saturated rings. The summed E-state index contributed by atoms with van der Waals surface area (Å²) in [7, 11) is -2.02. The van der Waals surface area contributed by atoms with Crippen LogP contribution in [-0.4, -0.2) is 46.7 Å². The number of hydrogen-bond donors (Lipinski definition) is 0. The van der Waals surface area contributed by atoms with Gasteiger partial charge in [-0.05, 0) is 43.9 Å². The predicted octanol–water partition coefficient (Wildman–Crippen LogP) is 4.46. The zero-order chi connectivity index (χ0) is 23.7. The number of rotatable bonds is 8. The minimum atomic E-state index is -3.78. The Kier molecular flexibility index (Phi) is 6.24. The van der Waals surface area contributed by atoms with Crippen LogP contribution in [0.1, 0.15) is 37.5 Å². The van der Waals surface area contributed by atoms with E-state index in [1.54, 1.807) is 55.9 Å². The first-order chi connectivity index (χ1) is 16.5. The summed E-state index contributed by atoms with van der Waals surface area (Å²) in [6.45, 7) is 4.49. The number of benzene rings is 1. The van der Waals surface area contributed by atoms with E-state index in [4.69, 9.17) is 14.5 Å². The van der Waals surface area contributed by atoms with Crippen LogP contribution in [0.3, 0.4) is 0 Å². The molecule has 178 valence electrons. The molecule has 0 unspecified atom stereocenters. The molecule has 1 aliphatic rings. The number of pyridine rings is 1. The molecule has 5 rings (SSSR count). The number of nitrogens with zero attached hydrogens (tertiary/aromatic N) is 4. The van der Waals surface area contributed by atoms with Crippen molar-refractivity contribution in [2.75, 3.05) is 13.7 Å². The SMILES string of the molecule is C=CCOCc1nc2cnc3c(ccn3S(=O)(=O)c3ccccc3)c2n1C1CCC(OC)CC1. The van der Waals surface area contributed by atoms with E-state index in [9.17, 15) is 8.42 Å². The van der Waals surface area contributed by atoms with Crippen molar-refractivity contribution in [1.29, 1.82) is 0 Å². The highest BCUT2D eigenvalue weighted by Crippen LogP contribution is 2.36. The molecule has 0 spiro atoms. The summed E-state index contributed by atoms with van der Waals surface area (Å²) < 4.78 is 41.5. The van der Waals surface area contributed by atoms with E-state index >= 15 is 0 Å². The lowest BCUT2D eigenvalue weighted by Gasteiger charge is -2.30. The minimum Gasteiger partial charge on any atom is -0.381 e. The lowest BCUT2D eigenvalue weighted by molar-refractivity contribution is 0.0573. The highest BCUT2D eigenvalue weighted by molar-refractivity contribution is 7.90. The van der Waals surface area contributed by atoms with Crippen LogP contribution in [0.2, 0.25) is 0 Å². The maximum absolute atomic E-state index is 13.3. The van der Waals surface area contributed by atoms with E-state index in [-0.39, 0.29) is 17.0 Å². The molecular weight excluding hydrogens is 452 g/mol. The maximum Gasteiger partial charge on any atom is 0.269 e. The van der Waals surface area contributed by atoms with E-state index in [1.807, 2.05) is 6.07 Å². The van der Waals surface area contributed by atoms with Crippen molar-refractivity contribution in [2.45, 2.75) is 49.3 Å². The van der Waals surface area contributed by atoms with Gasteiger partial charge in [-0.15, -0.1) is 6.58 Å². The molecule has 1 saturated carbocycles. The van der Waals surface area contributed by atoms with E-state index < -0.39 is 10.0 Å². The van der Waals surface area contributed by atoms with Crippen molar-refractivity contribution in [2.24, 2.45) is 0 Å². The van der Waals surface area contributed by atoms with Crippen molar-refractivity contribution in [3.63, 3.8) is 0 Å². The summed E-state index contributed by atoms with van der Waals surface area (Å²) in [5.74, 6) is 0.811. The van der Waals surface area contributed by atoms with Gasteiger partial charge in [-0.1, -0.05) is 24.3 Å². The Hall–Kier alpha value is -3.01. The number of methoxy groups -OCH3 is 1. The molecule has 34 heavy (non-hydrogen) atoms. The summed E-state index contributed by atoms with van der Waals surface area (Å²) in [5, 5.41) is 0.758. The van der Waals surface area contributed by atoms with Crippen molar-refractivity contribution in [3.8, 4) is 0 Å². The van der Waals surface area contributed by atoms with Gasteiger partial charge in [0.05, 0.1) is 29.3 Å². The second kappa shape index (κ2) is 9.32. The first-order valence-electron chi connectivity index (χ1n) is 11.4. The Morgan fingerprint density at radius 1 is 1.15 bits per heavy atom. The van der Waals surface area contributed by atoms with Crippen LogP contribution in [0, 0.1) is 0 Å². The average Bonchev–Trinajstić information content (AvgIpc) is 3.46. The Bertz CT molecular complexity index is 1420. The standard InChI is InChI=1S/C25H28N4O4S/c1-3-15-33-17-23-27-22-16-26-25-21(24(22)29(23)18-9-11-19(32-2)12-10-18)13-14-28(25)34(30,31)20-7-5-4-6-8-20/h3-8,13-14,16,18-19H,1,9-12,15,17H2,2H3. The van der Waals surface area contributed by atoms with Crippen LogP contribution in [0.4, 0.5) is 0 Å². The monoisotopic (exact) mass is 480 g/mol. The van der Waals surface area contributed by atoms with Gasteiger partial charge in [-0.3, -0.25) is 0 Å². The molecule has 4 aromatic rings. The molecular formula is C25H28N4O4S. The summed E-state index contributed by atoms with van der Waals surface area (Å²) >= 11 is 0. The normalized spacial score (nSPS) is 19.1. The van der Waals surface area contributed by atoms with Crippen molar-refractivity contribution >= 4 is 32.1 Å². The van der Waals surface area contributed by atoms with E-state index in [0.717, 1.165) is 47.9 Å². The highest BCUT2D eigenvalue weighted by Gasteiger charge is 2.28. The quantitative estimate of drug-likeness (QED) is 0.273. The van der Waals surface area contributed by atoms with Gasteiger partial charge in [0.1, 0.15) is 17.9 Å². The third-order valence-corrected chi connectivity index (χ3v) is 8.19. The molecule has 3 aromatic heterocycles. The smallest absolute Gasteiger partial charge is 0.269 e. The Labute approximate surface area is 198 Å². The van der Waals surface area contributed by atoms with Gasteiger partial charge in [0.25, 0.3) is 10.0 Å². The van der Waals surface area contributed by atoms with Gasteiger partial charge < -0.3 is 14.0 Å². The Balaban J connectivity index is 1.66. The minimum absolute atomic E-state index is 0.221. The van der Waals surface area contributed by atoms with Gasteiger partial charge in [0, 0.05) is 24.7 Å². The summed E-state index contributed by atoms with van der Waals surface area (Å²) in [6, 6.07) is 10.4. The molecule has 3 heterocycles. The third kappa shape index (κ3) is 3.93. The maximum atomic E-state index is 13.3. The van der Waals surface area contributed by atoms with Crippen LogP contribution in [-0.2, 0) is 26.1 Å². The van der Waals surface area contributed by atoms with Gasteiger partial charge in [-0.2, -0.15) is 0 Å². The van der Waals surface area contributed by atoms with Crippen molar-refractivity contribution in [1.82, 2.24) is 18.5 Å². The van der Waals surface area contributed by atoms with Gasteiger partial charge in [-0.25, -0.2) is 22.4 Å². The fourth-order valence-electron chi connectivity index (χ4n) is 4.86. The Morgan fingerprint density at radius 3 is 2.62 bits per heavy atom. The molecule has 9 heteroatoms. The molecule has 0 amide bonds. The van der Waals surface area contributed by atoms with Crippen LogP contribution < -0.4 is 0 Å². The van der Waals surface area contributed by atoms with Gasteiger partial charge in [0.15, 0.2) is 5.65 Å². The third-order valence-electron chi connectivity index (χ3n) is 6.51. The lowest BCUT2D eigenvalue weighted by Crippen LogP contribution is -2.24. The van der Waals surface area contributed by atoms with E-state index in [2.05, 4.69) is 16.1 Å². The first kappa shape index (κ1) is 22.8. The molecule has 8 nitrogen and oxygen atoms in total. The van der Waals surface area contributed by atoms with Gasteiger partial charge in [0.2, 0.25) is 0 Å². The molecule has 0 atom stereocenters. The zero-order valence-electron chi connectivity index (χ0n) is 19.1. The zero-order valence-corrected chi connectivity index (χ0v) is 19.9. The van der Waals surface area contributed by atoms with Crippen molar-refractivity contribution in [3.05, 3.63) is 67.3 Å². The number of ether oxygens (including phenoxy) is 2. The van der Waals surface area contributed by atoms with Crippen LogP contribution in [0.15, 0.2) is 66.3 Å². The second-order valence-corrected chi connectivity index (χ2v) is 10.3. The van der Waals surface area contributed by atoms with Crippen molar-refractivity contribution < 1.29 is 17.9 Å². The molecule has 1 aromatic carbocycles. The molecule has 0 bridgehead atoms. The lowest BCUT2D eigenvalue weighted by atomic mass is 9.92. The van der Waals surface area contributed by atoms with E-state index in [0.29, 0.717) is 18.9 Å². The fourth-order valence-corrected chi connectivity index (χ4v) is 6.19. The largest absolute Gasteiger partial charge is 0.381 e. The molecule has 0 saturated heterocycles.